The van der Waals surface area contributed by atoms with Crippen molar-refractivity contribution < 1.29 is 9.53 Å². The first-order chi connectivity index (χ1) is 12.1. The van der Waals surface area contributed by atoms with Gasteiger partial charge in [0, 0.05) is 45.4 Å². The number of nitrogens with one attached hydrogen (secondary N) is 1. The molecule has 2 saturated heterocycles. The van der Waals surface area contributed by atoms with E-state index in [-0.39, 0.29) is 5.91 Å². The Balaban J connectivity index is 1.57. The summed E-state index contributed by atoms with van der Waals surface area (Å²) in [4.78, 5) is 14.6. The van der Waals surface area contributed by atoms with Crippen molar-refractivity contribution in [1.29, 1.82) is 0 Å². The minimum absolute atomic E-state index is 0.187. The first kappa shape index (κ1) is 18.4. The largest absolute Gasteiger partial charge is 0.381 e. The Bertz CT molecular complexity index is 557. The second-order valence-electron chi connectivity index (χ2n) is 7.86. The van der Waals surface area contributed by atoms with Crippen LogP contribution in [0.25, 0.3) is 0 Å². The fourth-order valence-corrected chi connectivity index (χ4v) is 4.19. The molecule has 2 atom stereocenters. The molecule has 1 aromatic carbocycles. The van der Waals surface area contributed by atoms with Crippen LogP contribution in [0.2, 0.25) is 0 Å². The zero-order valence-electron chi connectivity index (χ0n) is 15.2. The summed E-state index contributed by atoms with van der Waals surface area (Å²) in [5.41, 5.74) is 6.64. The average molecular weight is 345 g/mol. The molecular formula is C20H31N3O2. The zero-order valence-corrected chi connectivity index (χ0v) is 15.2. The minimum atomic E-state index is -0.441. The van der Waals surface area contributed by atoms with Crippen molar-refractivity contribution in [1.82, 2.24) is 10.2 Å². The number of likely N-dealkylation sites (tertiary alicyclic amines) is 1. The number of benzene rings is 1. The van der Waals surface area contributed by atoms with Gasteiger partial charge in [0.2, 0.25) is 5.91 Å². The lowest BCUT2D eigenvalue weighted by Crippen LogP contribution is -2.54. The van der Waals surface area contributed by atoms with Gasteiger partial charge < -0.3 is 15.8 Å². The molecule has 0 spiro atoms. The quantitative estimate of drug-likeness (QED) is 0.825. The van der Waals surface area contributed by atoms with E-state index in [0.29, 0.717) is 31.7 Å². The Labute approximate surface area is 150 Å². The Morgan fingerprint density at radius 1 is 1.28 bits per heavy atom. The zero-order chi connectivity index (χ0) is 17.7. The van der Waals surface area contributed by atoms with Crippen molar-refractivity contribution in [3.05, 3.63) is 35.9 Å². The van der Waals surface area contributed by atoms with Crippen molar-refractivity contribution in [2.24, 2.45) is 17.1 Å². The van der Waals surface area contributed by atoms with E-state index in [1.54, 1.807) is 0 Å². The molecule has 1 amide bonds. The topological polar surface area (TPSA) is 67.6 Å². The first-order valence-corrected chi connectivity index (χ1v) is 9.45. The van der Waals surface area contributed by atoms with Crippen LogP contribution in [0.1, 0.15) is 31.7 Å². The summed E-state index contributed by atoms with van der Waals surface area (Å²) >= 11 is 0. The molecule has 0 aliphatic carbocycles. The molecule has 0 bridgehead atoms. The lowest BCUT2D eigenvalue weighted by atomic mass is 9.79. The molecule has 25 heavy (non-hydrogen) atoms. The van der Waals surface area contributed by atoms with E-state index in [1.807, 2.05) is 0 Å². The van der Waals surface area contributed by atoms with E-state index in [0.717, 1.165) is 38.9 Å². The van der Waals surface area contributed by atoms with Crippen LogP contribution >= 0.6 is 0 Å². The number of nitrogens with two attached hydrogens (primary N) is 1. The predicted octanol–water partition coefficient (Wildman–Crippen LogP) is 1.77. The summed E-state index contributed by atoms with van der Waals surface area (Å²) in [6.07, 6.45) is 2.60. The molecule has 2 heterocycles. The van der Waals surface area contributed by atoms with Crippen molar-refractivity contribution >= 4 is 5.91 Å². The minimum Gasteiger partial charge on any atom is -0.381 e. The number of nitrogens with zero attached hydrogens (tertiary/aromatic N) is 1. The van der Waals surface area contributed by atoms with E-state index in [1.165, 1.54) is 5.56 Å². The number of hydrogen-bond donors (Lipinski definition) is 2. The van der Waals surface area contributed by atoms with Crippen molar-refractivity contribution in [3.8, 4) is 0 Å². The van der Waals surface area contributed by atoms with Gasteiger partial charge in [-0.3, -0.25) is 9.69 Å². The third-order valence-electron chi connectivity index (χ3n) is 5.69. The summed E-state index contributed by atoms with van der Waals surface area (Å²) in [6.45, 7) is 7.37. The fourth-order valence-electron chi connectivity index (χ4n) is 4.19. The van der Waals surface area contributed by atoms with Crippen LogP contribution in [0.3, 0.4) is 0 Å². The van der Waals surface area contributed by atoms with Crippen LogP contribution in [0.5, 0.6) is 0 Å². The average Bonchev–Trinajstić information content (AvgIpc) is 2.61. The number of hydrogen-bond acceptors (Lipinski definition) is 4. The van der Waals surface area contributed by atoms with E-state index in [2.05, 4.69) is 47.5 Å². The van der Waals surface area contributed by atoms with Gasteiger partial charge in [0.15, 0.2) is 0 Å². The SMILES string of the molecule is CC1CC(NCC2(C(N)=O)CCOCC2)CN(Cc2ccccc2)C1. The summed E-state index contributed by atoms with van der Waals surface area (Å²) in [5, 5.41) is 3.66. The molecular weight excluding hydrogens is 314 g/mol. The maximum Gasteiger partial charge on any atom is 0.225 e. The molecule has 0 aromatic heterocycles. The van der Waals surface area contributed by atoms with Gasteiger partial charge in [-0.1, -0.05) is 37.3 Å². The van der Waals surface area contributed by atoms with Gasteiger partial charge in [-0.25, -0.2) is 0 Å². The highest BCUT2D eigenvalue weighted by molar-refractivity contribution is 5.81. The molecule has 1 aromatic rings. The van der Waals surface area contributed by atoms with Crippen LogP contribution in [-0.4, -0.2) is 49.7 Å². The molecule has 138 valence electrons. The molecule has 2 aliphatic rings. The van der Waals surface area contributed by atoms with Gasteiger partial charge >= 0.3 is 0 Å². The van der Waals surface area contributed by atoms with Crippen LogP contribution in [0.15, 0.2) is 30.3 Å². The number of ether oxygens (including phenoxy) is 1. The van der Waals surface area contributed by atoms with E-state index in [4.69, 9.17) is 10.5 Å². The molecule has 0 radical (unpaired) electrons. The number of carbonyl (C=O) groups is 1. The highest BCUT2D eigenvalue weighted by Gasteiger charge is 2.39. The van der Waals surface area contributed by atoms with Crippen molar-refractivity contribution in [2.45, 2.75) is 38.8 Å². The monoisotopic (exact) mass is 345 g/mol. The van der Waals surface area contributed by atoms with Crippen molar-refractivity contribution in [3.63, 3.8) is 0 Å². The maximum absolute atomic E-state index is 12.0. The van der Waals surface area contributed by atoms with Gasteiger partial charge in [-0.05, 0) is 30.7 Å². The van der Waals surface area contributed by atoms with Gasteiger partial charge in [0.1, 0.15) is 0 Å². The van der Waals surface area contributed by atoms with Gasteiger partial charge in [-0.15, -0.1) is 0 Å². The predicted molar refractivity (Wildman–Crippen MR) is 99.0 cm³/mol. The van der Waals surface area contributed by atoms with Gasteiger partial charge in [0.05, 0.1) is 5.41 Å². The van der Waals surface area contributed by atoms with Crippen LogP contribution < -0.4 is 11.1 Å². The third-order valence-corrected chi connectivity index (χ3v) is 5.69. The summed E-state index contributed by atoms with van der Waals surface area (Å²) in [6, 6.07) is 11.0. The Morgan fingerprint density at radius 3 is 2.68 bits per heavy atom. The first-order valence-electron chi connectivity index (χ1n) is 9.45. The lowest BCUT2D eigenvalue weighted by molar-refractivity contribution is -0.133. The lowest BCUT2D eigenvalue weighted by Gasteiger charge is -2.40. The molecule has 5 nitrogen and oxygen atoms in total. The summed E-state index contributed by atoms with van der Waals surface area (Å²) in [7, 11) is 0. The molecule has 3 N–H and O–H groups in total. The number of amides is 1. The van der Waals surface area contributed by atoms with E-state index < -0.39 is 5.41 Å². The highest BCUT2D eigenvalue weighted by atomic mass is 16.5. The van der Waals surface area contributed by atoms with Gasteiger partial charge in [-0.2, -0.15) is 0 Å². The Kier molecular flexibility index (Phi) is 6.10. The molecule has 2 aliphatic heterocycles. The summed E-state index contributed by atoms with van der Waals surface area (Å²) in [5.74, 6) is 0.461. The third kappa shape index (κ3) is 4.81. The van der Waals surface area contributed by atoms with Crippen molar-refractivity contribution in [2.75, 3.05) is 32.8 Å². The molecule has 2 unspecified atom stereocenters. The Hall–Kier alpha value is -1.43. The molecule has 0 saturated carbocycles. The normalized spacial score (nSPS) is 27.1. The second kappa shape index (κ2) is 8.30. The maximum atomic E-state index is 12.0. The van der Waals surface area contributed by atoms with E-state index >= 15 is 0 Å². The number of primary amides is 1. The smallest absolute Gasteiger partial charge is 0.225 e. The standard InChI is InChI=1S/C20H31N3O2/c1-16-11-18(14-23(12-16)13-17-5-3-2-4-6-17)22-15-20(19(21)24)7-9-25-10-8-20/h2-6,16,18,22H,7-15H2,1H3,(H2,21,24). The molecule has 2 fully saturated rings. The summed E-state index contributed by atoms with van der Waals surface area (Å²) < 4.78 is 5.42. The molecule has 3 rings (SSSR count). The van der Waals surface area contributed by atoms with Crippen LogP contribution in [-0.2, 0) is 16.1 Å². The number of rotatable bonds is 6. The fraction of sp³-hybridized carbons (Fsp3) is 0.650. The second-order valence-corrected chi connectivity index (χ2v) is 7.86. The number of piperidine rings is 1. The van der Waals surface area contributed by atoms with Crippen LogP contribution in [0.4, 0.5) is 0 Å². The number of carbonyl (C=O) groups excluding carboxylic acids is 1. The molecule has 5 heteroatoms. The van der Waals surface area contributed by atoms with Crippen LogP contribution in [0, 0.1) is 11.3 Å². The highest BCUT2D eigenvalue weighted by Crippen LogP contribution is 2.30. The van der Waals surface area contributed by atoms with Gasteiger partial charge in [0.25, 0.3) is 0 Å². The van der Waals surface area contributed by atoms with E-state index in [9.17, 15) is 4.79 Å². The Morgan fingerprint density at radius 2 is 2.00 bits per heavy atom.